The minimum absolute atomic E-state index is 0. The molecule has 0 radical (unpaired) electrons. The molecule has 5 heteroatoms. The Morgan fingerprint density at radius 3 is 2.64 bits per heavy atom. The normalized spacial score (nSPS) is 21.0. The number of carbonyl (C=O) groups excluding carboxylic acids is 1. The smallest absolute Gasteiger partial charge is 0.616 e. The summed E-state index contributed by atoms with van der Waals surface area (Å²) in [4.78, 5) is 10.8. The largest absolute Gasteiger partial charge is 1.00 e. The third-order valence-electron chi connectivity index (χ3n) is 1.25. The number of ether oxygens (including phenoxy) is 1. The third kappa shape index (κ3) is 2.48. The Kier molecular flexibility index (Phi) is 4.74. The van der Waals surface area contributed by atoms with Crippen LogP contribution in [0.3, 0.4) is 0 Å². The summed E-state index contributed by atoms with van der Waals surface area (Å²) in [7, 11) is 1.28. The predicted molar refractivity (Wildman–Crippen MR) is 36.4 cm³/mol. The van der Waals surface area contributed by atoms with E-state index >= 15 is 0 Å². The van der Waals surface area contributed by atoms with Gasteiger partial charge < -0.3 is 9.84 Å². The van der Waals surface area contributed by atoms with Crippen LogP contribution in [-0.2, 0) is 9.53 Å². The van der Waals surface area contributed by atoms with Gasteiger partial charge in [-0.15, -0.1) is 11.8 Å². The molecular formula is C6H7LiO3S. The van der Waals surface area contributed by atoms with Crippen LogP contribution in [0.5, 0.6) is 0 Å². The van der Waals surface area contributed by atoms with Crippen LogP contribution in [-0.4, -0.2) is 24.4 Å². The summed E-state index contributed by atoms with van der Waals surface area (Å²) in [5.74, 6) is 0.363. The number of methoxy groups -OCH3 is 1. The van der Waals surface area contributed by atoms with Gasteiger partial charge in [0.2, 0.25) is 0 Å². The SMILES string of the molecule is COC([O-])=C1CSCC1=O.[Li+]. The number of thioether (sulfide) groups is 1. The van der Waals surface area contributed by atoms with Gasteiger partial charge in [0, 0.05) is 11.3 Å². The second-order valence-electron chi connectivity index (χ2n) is 1.89. The quantitative estimate of drug-likeness (QED) is 0.231. The third-order valence-corrected chi connectivity index (χ3v) is 2.21. The van der Waals surface area contributed by atoms with E-state index in [9.17, 15) is 9.90 Å². The van der Waals surface area contributed by atoms with Gasteiger partial charge in [0.05, 0.1) is 11.7 Å². The second-order valence-corrected chi connectivity index (χ2v) is 2.87. The maximum absolute atomic E-state index is 10.8. The van der Waals surface area contributed by atoms with E-state index in [0.29, 0.717) is 17.1 Å². The summed E-state index contributed by atoms with van der Waals surface area (Å²) in [5, 5.41) is 10.7. The number of rotatable bonds is 1. The molecule has 1 aliphatic rings. The molecule has 56 valence electrons. The van der Waals surface area contributed by atoms with Crippen molar-refractivity contribution < 1.29 is 33.5 Å². The maximum atomic E-state index is 10.8. The number of ketones is 1. The fourth-order valence-electron chi connectivity index (χ4n) is 0.709. The van der Waals surface area contributed by atoms with Gasteiger partial charge in [-0.2, -0.15) is 0 Å². The Balaban J connectivity index is 0.000001000. The first-order valence-corrected chi connectivity index (χ1v) is 3.96. The van der Waals surface area contributed by atoms with Crippen molar-refractivity contribution in [3.05, 3.63) is 11.5 Å². The monoisotopic (exact) mass is 166 g/mol. The van der Waals surface area contributed by atoms with Gasteiger partial charge in [-0.1, -0.05) is 0 Å². The maximum Gasteiger partial charge on any atom is 1.00 e. The van der Waals surface area contributed by atoms with Crippen LogP contribution in [0, 0.1) is 0 Å². The molecule has 1 aliphatic heterocycles. The number of hydrogen-bond donors (Lipinski definition) is 0. The van der Waals surface area contributed by atoms with Crippen molar-refractivity contribution in [2.24, 2.45) is 0 Å². The zero-order chi connectivity index (χ0) is 7.56. The van der Waals surface area contributed by atoms with E-state index in [1.54, 1.807) is 0 Å². The zero-order valence-corrected chi connectivity index (χ0v) is 7.36. The predicted octanol–water partition coefficient (Wildman–Crippen LogP) is -3.48. The molecule has 0 aromatic carbocycles. The number of carbonyl (C=O) groups is 1. The molecule has 0 saturated carbocycles. The molecule has 1 saturated heterocycles. The van der Waals surface area contributed by atoms with Crippen molar-refractivity contribution in [1.29, 1.82) is 0 Å². The van der Waals surface area contributed by atoms with Crippen molar-refractivity contribution in [1.82, 2.24) is 0 Å². The minimum atomic E-state index is -0.477. The van der Waals surface area contributed by atoms with Gasteiger partial charge in [0.1, 0.15) is 0 Å². The van der Waals surface area contributed by atoms with Crippen LogP contribution in [0.2, 0.25) is 0 Å². The first-order valence-electron chi connectivity index (χ1n) is 2.81. The summed E-state index contributed by atoms with van der Waals surface area (Å²) in [6.07, 6.45) is 0. The van der Waals surface area contributed by atoms with Crippen LogP contribution < -0.4 is 24.0 Å². The van der Waals surface area contributed by atoms with E-state index in [2.05, 4.69) is 4.74 Å². The molecule has 0 aromatic heterocycles. The minimum Gasteiger partial charge on any atom is -0.616 e. The van der Waals surface area contributed by atoms with Crippen LogP contribution >= 0.6 is 11.8 Å². The molecule has 0 atom stereocenters. The van der Waals surface area contributed by atoms with Crippen LogP contribution in [0.4, 0.5) is 0 Å². The molecule has 0 spiro atoms. The molecule has 0 unspecified atom stereocenters. The number of Topliss-reactive ketones (excluding diaryl/α,β-unsaturated/α-hetero) is 1. The van der Waals surface area contributed by atoms with Crippen molar-refractivity contribution in [3.8, 4) is 0 Å². The molecule has 0 N–H and O–H groups in total. The molecule has 0 aliphatic carbocycles. The molecule has 0 bridgehead atoms. The van der Waals surface area contributed by atoms with Gasteiger partial charge in [-0.05, 0) is 7.11 Å². The van der Waals surface area contributed by atoms with E-state index in [1.807, 2.05) is 0 Å². The Morgan fingerprint density at radius 1 is 1.64 bits per heavy atom. The van der Waals surface area contributed by atoms with Crippen molar-refractivity contribution in [2.75, 3.05) is 18.6 Å². The molecule has 11 heavy (non-hydrogen) atoms. The average molecular weight is 166 g/mol. The molecule has 0 aromatic rings. The Labute approximate surface area is 81.4 Å². The van der Waals surface area contributed by atoms with E-state index in [1.165, 1.54) is 18.9 Å². The Hall–Kier alpha value is -0.0426. The van der Waals surface area contributed by atoms with Crippen molar-refractivity contribution in [2.45, 2.75) is 0 Å². The van der Waals surface area contributed by atoms with Crippen molar-refractivity contribution >= 4 is 17.5 Å². The summed E-state index contributed by atoms with van der Waals surface area (Å²) in [6, 6.07) is 0. The van der Waals surface area contributed by atoms with Crippen LogP contribution in [0.15, 0.2) is 11.5 Å². The summed E-state index contributed by atoms with van der Waals surface area (Å²) < 4.78 is 4.39. The molecule has 3 nitrogen and oxygen atoms in total. The summed E-state index contributed by atoms with van der Waals surface area (Å²) >= 11 is 1.45. The molecule has 1 rings (SSSR count). The topological polar surface area (TPSA) is 49.4 Å². The van der Waals surface area contributed by atoms with E-state index in [-0.39, 0.29) is 24.6 Å². The van der Waals surface area contributed by atoms with Gasteiger partial charge in [0.25, 0.3) is 0 Å². The van der Waals surface area contributed by atoms with E-state index in [0.717, 1.165) is 0 Å². The molecule has 0 amide bonds. The van der Waals surface area contributed by atoms with Gasteiger partial charge >= 0.3 is 18.9 Å². The average Bonchev–Trinajstić information content (AvgIpc) is 2.34. The van der Waals surface area contributed by atoms with E-state index < -0.39 is 5.95 Å². The second kappa shape index (κ2) is 4.76. The van der Waals surface area contributed by atoms with Gasteiger partial charge in [0.15, 0.2) is 5.78 Å². The fourth-order valence-corrected chi connectivity index (χ4v) is 1.65. The first kappa shape index (κ1) is 11.0. The fraction of sp³-hybridized carbons (Fsp3) is 0.500. The van der Waals surface area contributed by atoms with Crippen LogP contribution in [0.25, 0.3) is 0 Å². The van der Waals surface area contributed by atoms with E-state index in [4.69, 9.17) is 0 Å². The Bertz CT molecular complexity index is 190. The first-order chi connectivity index (χ1) is 4.75. The van der Waals surface area contributed by atoms with Crippen LogP contribution in [0.1, 0.15) is 0 Å². The van der Waals surface area contributed by atoms with Gasteiger partial charge in [-0.25, -0.2) is 0 Å². The van der Waals surface area contributed by atoms with Gasteiger partial charge in [-0.3, -0.25) is 4.79 Å². The summed E-state index contributed by atoms with van der Waals surface area (Å²) in [5.41, 5.74) is 0.299. The molecule has 1 heterocycles. The number of hydrogen-bond acceptors (Lipinski definition) is 4. The Morgan fingerprint density at radius 2 is 2.27 bits per heavy atom. The zero-order valence-electron chi connectivity index (χ0n) is 6.55. The molecular weight excluding hydrogens is 159 g/mol. The molecule has 1 fully saturated rings. The standard InChI is InChI=1S/C6H8O3S.Li/c1-9-6(8)4-2-10-3-5(4)7;/h8H,2-3H2,1H3;/q;+1/p-1. The summed E-state index contributed by atoms with van der Waals surface area (Å²) in [6.45, 7) is 0. The van der Waals surface area contributed by atoms with Crippen molar-refractivity contribution in [3.63, 3.8) is 0 Å².